The van der Waals surface area contributed by atoms with Gasteiger partial charge in [0.2, 0.25) is 24.2 Å². The first-order valence-electron chi connectivity index (χ1n) is 18.1. The Morgan fingerprint density at radius 2 is 1.84 bits per heavy atom. The number of carbonyl (C=O) groups excluding carboxylic acids is 4. The van der Waals surface area contributed by atoms with Gasteiger partial charge in [0, 0.05) is 50.4 Å². The normalized spacial score (nSPS) is 13.9. The number of halogens is 2. The topological polar surface area (TPSA) is 193 Å². The largest absolute Gasteiger partial charge is 0.379 e. The zero-order valence-corrected chi connectivity index (χ0v) is 34.2. The minimum absolute atomic E-state index is 0.183. The first-order valence-corrected chi connectivity index (χ1v) is 19.7. The number of imide groups is 1. The van der Waals surface area contributed by atoms with E-state index in [0.717, 1.165) is 52.0 Å². The average molecular weight is 867 g/mol. The summed E-state index contributed by atoms with van der Waals surface area (Å²) in [6.07, 6.45) is 4.35. The minimum Gasteiger partial charge on any atom is -0.379 e. The SMILES string of the molecule is Cc1cc(SNCCOCCOCCCc2cccc(N(C)C3CCC(=O)NC3=O)c2N(C)C=O)ccc1Nc1ncc(Br)c(Nc2cccc(F)c2C(N)=O)n1. The van der Waals surface area contributed by atoms with Crippen molar-refractivity contribution in [2.45, 2.75) is 43.5 Å². The number of hydrogen-bond donors (Lipinski definition) is 5. The Hall–Kier alpha value is -5.14. The van der Waals surface area contributed by atoms with Crippen LogP contribution in [0.2, 0.25) is 0 Å². The molecule has 0 radical (unpaired) electrons. The van der Waals surface area contributed by atoms with E-state index in [1.165, 1.54) is 29.0 Å². The molecule has 1 aromatic heterocycles. The Morgan fingerprint density at radius 3 is 2.58 bits per heavy atom. The number of amides is 4. The van der Waals surface area contributed by atoms with Crippen molar-refractivity contribution in [2.24, 2.45) is 5.73 Å². The Balaban J connectivity index is 0.999. The molecular formula is C39H45BrFN9O6S. The lowest BCUT2D eigenvalue weighted by atomic mass is 10.0. The van der Waals surface area contributed by atoms with Gasteiger partial charge >= 0.3 is 0 Å². The van der Waals surface area contributed by atoms with E-state index < -0.39 is 17.8 Å². The highest BCUT2D eigenvalue weighted by atomic mass is 79.9. The maximum atomic E-state index is 14.3. The fourth-order valence-corrected chi connectivity index (χ4v) is 7.17. The van der Waals surface area contributed by atoms with E-state index in [1.54, 1.807) is 20.3 Å². The quantitative estimate of drug-likeness (QED) is 0.0311. The van der Waals surface area contributed by atoms with Crippen LogP contribution < -0.4 is 36.2 Å². The van der Waals surface area contributed by atoms with Crippen LogP contribution in [0, 0.1) is 12.7 Å². The van der Waals surface area contributed by atoms with Crippen LogP contribution in [-0.2, 0) is 30.3 Å². The van der Waals surface area contributed by atoms with Gasteiger partial charge in [-0.1, -0.05) is 18.2 Å². The van der Waals surface area contributed by atoms with Gasteiger partial charge < -0.3 is 35.6 Å². The highest BCUT2D eigenvalue weighted by Crippen LogP contribution is 2.35. The number of piperidine rings is 1. The van der Waals surface area contributed by atoms with Crippen molar-refractivity contribution in [1.82, 2.24) is 20.0 Å². The first kappa shape index (κ1) is 43.0. The van der Waals surface area contributed by atoms with Crippen LogP contribution in [0.3, 0.4) is 0 Å². The molecule has 0 bridgehead atoms. The number of ether oxygens (including phenoxy) is 2. The Labute approximate surface area is 342 Å². The van der Waals surface area contributed by atoms with Crippen LogP contribution in [0.25, 0.3) is 0 Å². The third kappa shape index (κ3) is 11.7. The fraction of sp³-hybridized carbons (Fsp3) is 0.333. The van der Waals surface area contributed by atoms with E-state index in [-0.39, 0.29) is 29.5 Å². The molecule has 1 atom stereocenters. The van der Waals surface area contributed by atoms with E-state index in [4.69, 9.17) is 15.2 Å². The van der Waals surface area contributed by atoms with Crippen molar-refractivity contribution in [3.05, 3.63) is 87.8 Å². The second-order valence-electron chi connectivity index (χ2n) is 13.0. The van der Waals surface area contributed by atoms with Crippen LogP contribution >= 0.6 is 27.9 Å². The highest BCUT2D eigenvalue weighted by molar-refractivity contribution is 9.10. The number of primary amides is 1. The van der Waals surface area contributed by atoms with Crippen molar-refractivity contribution in [1.29, 1.82) is 0 Å². The number of anilines is 6. The maximum absolute atomic E-state index is 14.3. The van der Waals surface area contributed by atoms with E-state index in [0.29, 0.717) is 62.1 Å². The molecule has 15 nitrogen and oxygen atoms in total. The van der Waals surface area contributed by atoms with Crippen molar-refractivity contribution in [3.63, 3.8) is 0 Å². The summed E-state index contributed by atoms with van der Waals surface area (Å²) in [7, 11) is 3.49. The van der Waals surface area contributed by atoms with E-state index in [2.05, 4.69) is 46.6 Å². The molecule has 2 heterocycles. The molecule has 0 saturated carbocycles. The lowest BCUT2D eigenvalue weighted by Gasteiger charge is -2.34. The summed E-state index contributed by atoms with van der Waals surface area (Å²) in [5, 5.41) is 8.56. The van der Waals surface area contributed by atoms with Gasteiger partial charge in [0.25, 0.3) is 5.91 Å². The third-order valence-electron chi connectivity index (χ3n) is 9.01. The summed E-state index contributed by atoms with van der Waals surface area (Å²) in [5.74, 6) is -1.64. The molecule has 5 rings (SSSR count). The van der Waals surface area contributed by atoms with Gasteiger partial charge in [-0.05, 0) is 102 Å². The molecule has 1 aliphatic heterocycles. The van der Waals surface area contributed by atoms with Gasteiger partial charge in [0.15, 0.2) is 0 Å². The predicted octanol–water partition coefficient (Wildman–Crippen LogP) is 5.37. The predicted molar refractivity (Wildman–Crippen MR) is 222 cm³/mol. The molecule has 1 saturated heterocycles. The van der Waals surface area contributed by atoms with E-state index in [9.17, 15) is 23.6 Å². The molecule has 0 spiro atoms. The molecule has 1 fully saturated rings. The number of nitrogens with zero attached hydrogens (tertiary/aromatic N) is 4. The lowest BCUT2D eigenvalue weighted by Crippen LogP contribution is -2.51. The van der Waals surface area contributed by atoms with Crippen molar-refractivity contribution in [3.8, 4) is 0 Å². The number of para-hydroxylation sites is 1. The van der Waals surface area contributed by atoms with Gasteiger partial charge in [-0.15, -0.1) is 0 Å². The molecule has 1 unspecified atom stereocenters. The Morgan fingerprint density at radius 1 is 1.07 bits per heavy atom. The number of benzene rings is 3. The number of carbonyl (C=O) groups is 4. The molecule has 302 valence electrons. The Bertz CT molecular complexity index is 2080. The smallest absolute Gasteiger partial charge is 0.253 e. The van der Waals surface area contributed by atoms with E-state index in [1.807, 2.05) is 48.2 Å². The molecule has 57 heavy (non-hydrogen) atoms. The highest BCUT2D eigenvalue weighted by Gasteiger charge is 2.31. The van der Waals surface area contributed by atoms with Crippen molar-refractivity contribution < 1.29 is 33.0 Å². The molecule has 0 aliphatic carbocycles. The van der Waals surface area contributed by atoms with Gasteiger partial charge in [0.1, 0.15) is 17.7 Å². The number of nitrogens with one attached hydrogen (secondary N) is 4. The summed E-state index contributed by atoms with van der Waals surface area (Å²) in [4.78, 5) is 61.0. The molecule has 18 heteroatoms. The fourth-order valence-electron chi connectivity index (χ4n) is 6.16. The van der Waals surface area contributed by atoms with Crippen LogP contribution in [0.4, 0.5) is 38.9 Å². The zero-order valence-electron chi connectivity index (χ0n) is 31.8. The summed E-state index contributed by atoms with van der Waals surface area (Å²) < 4.78 is 29.6. The number of aryl methyl sites for hydroxylation is 2. The number of nitrogens with two attached hydrogens (primary N) is 1. The molecule has 6 N–H and O–H groups in total. The number of rotatable bonds is 21. The lowest BCUT2D eigenvalue weighted by molar-refractivity contribution is -0.134. The summed E-state index contributed by atoms with van der Waals surface area (Å²) in [6, 6.07) is 15.3. The third-order valence-corrected chi connectivity index (χ3v) is 10.4. The van der Waals surface area contributed by atoms with Crippen LogP contribution in [0.1, 0.15) is 40.7 Å². The number of likely N-dealkylation sites (N-methyl/N-ethyl adjacent to an activating group) is 1. The summed E-state index contributed by atoms with van der Waals surface area (Å²) in [5.41, 5.74) is 9.47. The van der Waals surface area contributed by atoms with Crippen LogP contribution in [0.5, 0.6) is 0 Å². The van der Waals surface area contributed by atoms with Gasteiger partial charge in [0.05, 0.1) is 46.9 Å². The molecule has 1 aliphatic rings. The molecular weight excluding hydrogens is 821 g/mol. The second-order valence-corrected chi connectivity index (χ2v) is 14.9. The standard InChI is InChI=1S/C39H45BrFN9O6S/c1-24-21-26(12-13-29(24)46-39-43-22-27(40)37(48-39)45-30-10-5-9-28(41)34(30)36(42)53)57-44-16-18-56-20-19-55-17-6-8-25-7-4-11-31(35(25)49(2)23-51)50(3)32-14-15-33(52)47-38(32)54/h4-5,7,9-13,21-23,32,44H,6,8,14-20H2,1-3H3,(H2,42,53)(H,47,52,54)(H2,43,45,46,48). The second kappa shape index (κ2) is 20.9. The number of aromatic nitrogens is 2. The van der Waals surface area contributed by atoms with Crippen LogP contribution in [0.15, 0.2) is 70.2 Å². The Kier molecular flexibility index (Phi) is 15.7. The van der Waals surface area contributed by atoms with Gasteiger partial charge in [-0.3, -0.25) is 29.2 Å². The zero-order chi connectivity index (χ0) is 40.9. The monoisotopic (exact) mass is 865 g/mol. The summed E-state index contributed by atoms with van der Waals surface area (Å²) in [6.45, 7) is 4.48. The summed E-state index contributed by atoms with van der Waals surface area (Å²) >= 11 is 4.87. The molecule has 4 amide bonds. The van der Waals surface area contributed by atoms with Crippen molar-refractivity contribution >= 4 is 86.5 Å². The van der Waals surface area contributed by atoms with Gasteiger partial charge in [-0.25, -0.2) is 9.37 Å². The number of hydrogen-bond acceptors (Lipinski definition) is 13. The maximum Gasteiger partial charge on any atom is 0.253 e. The van der Waals surface area contributed by atoms with Crippen LogP contribution in [-0.4, -0.2) is 87.2 Å². The molecule has 4 aromatic rings. The average Bonchev–Trinajstić information content (AvgIpc) is 3.18. The van der Waals surface area contributed by atoms with Crippen molar-refractivity contribution in [2.75, 3.05) is 67.5 Å². The first-order chi connectivity index (χ1) is 27.5. The van der Waals surface area contributed by atoms with Gasteiger partial charge in [-0.2, -0.15) is 4.98 Å². The van der Waals surface area contributed by atoms with E-state index >= 15 is 0 Å². The minimum atomic E-state index is -0.899. The molecule has 3 aromatic carbocycles.